The highest BCUT2D eigenvalue weighted by Gasteiger charge is 2.17. The van der Waals surface area contributed by atoms with Gasteiger partial charge in [-0.25, -0.2) is 5.43 Å². The number of carbonyl (C=O) groups excluding carboxylic acids is 2. The van der Waals surface area contributed by atoms with Gasteiger partial charge in [-0.3, -0.25) is 9.59 Å². The Labute approximate surface area is 156 Å². The number of hydrogen-bond donors (Lipinski definition) is 2. The summed E-state index contributed by atoms with van der Waals surface area (Å²) in [5, 5.41) is 6.41. The van der Waals surface area contributed by atoms with Crippen molar-refractivity contribution in [3.63, 3.8) is 0 Å². The summed E-state index contributed by atoms with van der Waals surface area (Å²) in [4.78, 5) is 23.9. The highest BCUT2D eigenvalue weighted by molar-refractivity contribution is 6.35. The zero-order chi connectivity index (χ0) is 19.2. The molecule has 0 aromatic heterocycles. The van der Waals surface area contributed by atoms with Crippen LogP contribution in [0.2, 0.25) is 0 Å². The number of hydrogen-bond acceptors (Lipinski definition) is 6. The fourth-order valence-corrected chi connectivity index (χ4v) is 2.45. The van der Waals surface area contributed by atoms with E-state index < -0.39 is 11.8 Å². The highest BCUT2D eigenvalue weighted by Crippen LogP contribution is 2.31. The van der Waals surface area contributed by atoms with E-state index in [0.717, 1.165) is 5.56 Å². The molecule has 2 amide bonds. The van der Waals surface area contributed by atoms with Crippen molar-refractivity contribution >= 4 is 18.0 Å². The predicted octanol–water partition coefficient (Wildman–Crippen LogP) is 1.75. The molecule has 2 aromatic carbocycles. The number of methoxy groups -OCH3 is 1. The van der Waals surface area contributed by atoms with Crippen molar-refractivity contribution in [3.8, 4) is 17.2 Å². The van der Waals surface area contributed by atoms with Crippen LogP contribution < -0.4 is 25.0 Å². The molecule has 0 spiro atoms. The summed E-state index contributed by atoms with van der Waals surface area (Å²) in [6.07, 6.45) is 1.42. The van der Waals surface area contributed by atoms with Crippen LogP contribution in [0.4, 0.5) is 0 Å². The van der Waals surface area contributed by atoms with Crippen LogP contribution in [0.1, 0.15) is 24.1 Å². The maximum Gasteiger partial charge on any atom is 0.329 e. The van der Waals surface area contributed by atoms with Crippen LogP contribution in [-0.4, -0.2) is 31.9 Å². The molecular weight excluding hydrogens is 350 g/mol. The van der Waals surface area contributed by atoms with E-state index in [4.69, 9.17) is 14.2 Å². The molecule has 1 atom stereocenters. The quantitative estimate of drug-likeness (QED) is 0.475. The Morgan fingerprint density at radius 1 is 1.11 bits per heavy atom. The first-order valence-electron chi connectivity index (χ1n) is 8.24. The zero-order valence-corrected chi connectivity index (χ0v) is 14.9. The summed E-state index contributed by atoms with van der Waals surface area (Å²) >= 11 is 0. The van der Waals surface area contributed by atoms with Gasteiger partial charge in [-0.1, -0.05) is 12.1 Å². The third kappa shape index (κ3) is 4.55. The molecule has 0 aliphatic carbocycles. The molecule has 1 aliphatic rings. The summed E-state index contributed by atoms with van der Waals surface area (Å²) in [6.45, 7) is 1.96. The minimum atomic E-state index is -0.854. The van der Waals surface area contributed by atoms with Crippen molar-refractivity contribution in [2.45, 2.75) is 13.0 Å². The van der Waals surface area contributed by atoms with Gasteiger partial charge in [0.15, 0.2) is 11.5 Å². The average Bonchev–Trinajstić information content (AvgIpc) is 3.15. The molecule has 0 unspecified atom stereocenters. The van der Waals surface area contributed by atoms with Crippen LogP contribution in [0.15, 0.2) is 47.6 Å². The fraction of sp³-hybridized carbons (Fsp3) is 0.211. The highest BCUT2D eigenvalue weighted by atomic mass is 16.7. The standard InChI is InChI=1S/C19H19N3O5/c1-12(14-4-6-15(25-2)7-5-14)21-18(23)19(24)22-20-10-13-3-8-16-17(9-13)27-11-26-16/h3-10,12H,11H2,1-2H3,(H,21,23)(H,22,24)/b20-10-/t12-/m1/s1. The van der Waals surface area contributed by atoms with Gasteiger partial charge in [-0.15, -0.1) is 0 Å². The molecule has 0 bridgehead atoms. The summed E-state index contributed by atoms with van der Waals surface area (Å²) in [5.74, 6) is 0.348. The first-order chi connectivity index (χ1) is 13.1. The monoisotopic (exact) mass is 369 g/mol. The van der Waals surface area contributed by atoms with Crippen LogP contribution in [0.3, 0.4) is 0 Å². The Morgan fingerprint density at radius 3 is 2.59 bits per heavy atom. The molecule has 0 saturated carbocycles. The Morgan fingerprint density at radius 2 is 1.85 bits per heavy atom. The number of rotatable bonds is 5. The normalized spacial score (nSPS) is 13.3. The number of amides is 2. The van der Waals surface area contributed by atoms with Crippen molar-refractivity contribution in [2.24, 2.45) is 5.10 Å². The largest absolute Gasteiger partial charge is 0.497 e. The van der Waals surface area contributed by atoms with Gasteiger partial charge in [0.05, 0.1) is 19.4 Å². The maximum atomic E-state index is 12.0. The van der Waals surface area contributed by atoms with Crippen molar-refractivity contribution in [2.75, 3.05) is 13.9 Å². The summed E-state index contributed by atoms with van der Waals surface area (Å²) < 4.78 is 15.6. The first kappa shape index (κ1) is 18.2. The maximum absolute atomic E-state index is 12.0. The van der Waals surface area contributed by atoms with Crippen LogP contribution in [0, 0.1) is 0 Å². The lowest BCUT2D eigenvalue weighted by Gasteiger charge is -2.13. The lowest BCUT2D eigenvalue weighted by molar-refractivity contribution is -0.139. The third-order valence-corrected chi connectivity index (χ3v) is 3.95. The topological polar surface area (TPSA) is 98.2 Å². The molecule has 2 N–H and O–H groups in total. The second-order valence-corrected chi connectivity index (χ2v) is 5.78. The van der Waals surface area contributed by atoms with Gasteiger partial charge in [-0.05, 0) is 48.4 Å². The molecule has 3 rings (SSSR count). The van der Waals surface area contributed by atoms with Gasteiger partial charge in [0, 0.05) is 0 Å². The summed E-state index contributed by atoms with van der Waals surface area (Å²) in [5.41, 5.74) is 3.75. The Bertz CT molecular complexity index is 864. The van der Waals surface area contributed by atoms with E-state index in [-0.39, 0.29) is 12.8 Å². The van der Waals surface area contributed by atoms with Crippen LogP contribution >= 0.6 is 0 Å². The van der Waals surface area contributed by atoms with Crippen LogP contribution in [0.25, 0.3) is 0 Å². The van der Waals surface area contributed by atoms with E-state index >= 15 is 0 Å². The van der Waals surface area contributed by atoms with Crippen molar-refractivity contribution < 1.29 is 23.8 Å². The van der Waals surface area contributed by atoms with Gasteiger partial charge < -0.3 is 19.5 Å². The summed E-state index contributed by atoms with van der Waals surface area (Å²) in [7, 11) is 1.58. The number of benzene rings is 2. The second kappa shape index (κ2) is 8.22. The molecule has 140 valence electrons. The molecule has 0 saturated heterocycles. The predicted molar refractivity (Wildman–Crippen MR) is 97.9 cm³/mol. The van der Waals surface area contributed by atoms with E-state index in [1.807, 2.05) is 12.1 Å². The fourth-order valence-electron chi connectivity index (χ4n) is 2.45. The number of nitrogens with zero attached hydrogens (tertiary/aromatic N) is 1. The van der Waals surface area contributed by atoms with Gasteiger partial charge in [-0.2, -0.15) is 5.10 Å². The number of ether oxygens (including phenoxy) is 3. The van der Waals surface area contributed by atoms with Crippen molar-refractivity contribution in [3.05, 3.63) is 53.6 Å². The second-order valence-electron chi connectivity index (χ2n) is 5.78. The lowest BCUT2D eigenvalue weighted by atomic mass is 10.1. The van der Waals surface area contributed by atoms with Gasteiger partial charge in [0.1, 0.15) is 5.75 Å². The molecule has 2 aromatic rings. The molecule has 1 aliphatic heterocycles. The van der Waals surface area contributed by atoms with E-state index in [1.54, 1.807) is 44.4 Å². The Hall–Kier alpha value is -3.55. The van der Waals surface area contributed by atoms with Gasteiger partial charge in [0.25, 0.3) is 0 Å². The number of carbonyl (C=O) groups is 2. The molecule has 1 heterocycles. The zero-order valence-electron chi connectivity index (χ0n) is 14.9. The molecule has 0 fully saturated rings. The molecule has 27 heavy (non-hydrogen) atoms. The van der Waals surface area contributed by atoms with E-state index in [1.165, 1.54) is 6.21 Å². The van der Waals surface area contributed by atoms with E-state index in [9.17, 15) is 9.59 Å². The van der Waals surface area contributed by atoms with Crippen LogP contribution in [-0.2, 0) is 9.59 Å². The van der Waals surface area contributed by atoms with Gasteiger partial charge in [0.2, 0.25) is 6.79 Å². The third-order valence-electron chi connectivity index (χ3n) is 3.95. The van der Waals surface area contributed by atoms with Crippen molar-refractivity contribution in [1.29, 1.82) is 0 Å². The molecule has 0 radical (unpaired) electrons. The van der Waals surface area contributed by atoms with E-state index in [2.05, 4.69) is 15.8 Å². The number of hydrazone groups is 1. The Kier molecular flexibility index (Phi) is 5.55. The smallest absolute Gasteiger partial charge is 0.329 e. The van der Waals surface area contributed by atoms with Crippen molar-refractivity contribution in [1.82, 2.24) is 10.7 Å². The minimum Gasteiger partial charge on any atom is -0.497 e. The number of fused-ring (bicyclic) bond motifs is 1. The van der Waals surface area contributed by atoms with Crippen LogP contribution in [0.5, 0.6) is 17.2 Å². The molecule has 8 heteroatoms. The SMILES string of the molecule is COc1ccc([C@@H](C)NC(=O)C(=O)N/N=C\c2ccc3c(c2)OCO3)cc1. The molecular formula is C19H19N3O5. The summed E-state index contributed by atoms with van der Waals surface area (Å²) in [6, 6.07) is 12.1. The first-order valence-corrected chi connectivity index (χ1v) is 8.24. The van der Waals surface area contributed by atoms with E-state index in [0.29, 0.717) is 22.8 Å². The minimum absolute atomic E-state index is 0.180. The lowest BCUT2D eigenvalue weighted by Crippen LogP contribution is -2.39. The van der Waals surface area contributed by atoms with Gasteiger partial charge >= 0.3 is 11.8 Å². The molecule has 8 nitrogen and oxygen atoms in total. The average molecular weight is 369 g/mol. The Balaban J connectivity index is 1.51. The number of nitrogens with one attached hydrogen (secondary N) is 2.